The van der Waals surface area contributed by atoms with Crippen LogP contribution in [0.15, 0.2) is 59.0 Å². The fourth-order valence-electron chi connectivity index (χ4n) is 2.67. The molecule has 0 amide bonds. The summed E-state index contributed by atoms with van der Waals surface area (Å²) in [5.41, 5.74) is 2.43. The zero-order valence-electron chi connectivity index (χ0n) is 16.8. The van der Waals surface area contributed by atoms with Gasteiger partial charge in [-0.2, -0.15) is 4.98 Å². The Balaban J connectivity index is 1.75. The van der Waals surface area contributed by atoms with Crippen molar-refractivity contribution in [3.63, 3.8) is 0 Å². The first-order valence-electron chi connectivity index (χ1n) is 9.17. The van der Waals surface area contributed by atoms with Gasteiger partial charge in [-0.05, 0) is 42.7 Å². The number of aryl methyl sites for hydroxylation is 3. The lowest BCUT2D eigenvalue weighted by Gasteiger charge is -2.11. The number of aromatic nitrogens is 2. The van der Waals surface area contributed by atoms with Crippen molar-refractivity contribution < 1.29 is 27.9 Å². The number of hydrogen-bond donors (Lipinski definition) is 0. The van der Waals surface area contributed by atoms with E-state index in [1.54, 1.807) is 18.2 Å². The molecule has 0 aliphatic heterocycles. The summed E-state index contributed by atoms with van der Waals surface area (Å²) in [7, 11) is 2.66. The molecular weight excluding hydrogens is 391 g/mol. The Bertz CT molecular complexity index is 1040. The van der Waals surface area contributed by atoms with Crippen LogP contribution in [-0.4, -0.2) is 30.3 Å². The molecule has 3 rings (SSSR count). The fraction of sp³-hybridized carbons (Fsp3) is 0.227. The molecule has 1 heterocycles. The first kappa shape index (κ1) is 21.0. The van der Waals surface area contributed by atoms with E-state index < -0.39 is 5.97 Å². The maximum Gasteiger partial charge on any atom is 0.377 e. The molecular formula is C22H21FN2O5. The lowest BCUT2D eigenvalue weighted by molar-refractivity contribution is -0.138. The Hall–Kier alpha value is -3.68. The minimum absolute atomic E-state index is 0.0895. The minimum Gasteiger partial charge on any atom is -0.500 e. The number of methoxy groups -OCH3 is 2. The van der Waals surface area contributed by atoms with Crippen LogP contribution in [-0.2, 0) is 27.1 Å². The summed E-state index contributed by atoms with van der Waals surface area (Å²) in [4.78, 5) is 16.2. The van der Waals surface area contributed by atoms with Gasteiger partial charge in [-0.1, -0.05) is 29.4 Å². The maximum absolute atomic E-state index is 13.0. The number of ether oxygens (including phenoxy) is 3. The Morgan fingerprint density at radius 1 is 1.13 bits per heavy atom. The van der Waals surface area contributed by atoms with E-state index in [-0.39, 0.29) is 11.6 Å². The van der Waals surface area contributed by atoms with E-state index in [4.69, 9.17) is 18.7 Å². The second kappa shape index (κ2) is 9.69. The Morgan fingerprint density at radius 3 is 2.60 bits per heavy atom. The number of nitrogens with zero attached hydrogens (tertiary/aromatic N) is 2. The largest absolute Gasteiger partial charge is 0.500 e. The van der Waals surface area contributed by atoms with Gasteiger partial charge in [-0.3, -0.25) is 0 Å². The van der Waals surface area contributed by atoms with Crippen LogP contribution in [0.5, 0.6) is 5.75 Å². The molecule has 0 spiro atoms. The van der Waals surface area contributed by atoms with Crippen molar-refractivity contribution in [2.75, 3.05) is 14.2 Å². The molecule has 0 aliphatic rings. The van der Waals surface area contributed by atoms with E-state index in [1.807, 2.05) is 19.1 Å². The van der Waals surface area contributed by atoms with Crippen LogP contribution in [0.4, 0.5) is 4.39 Å². The summed E-state index contributed by atoms with van der Waals surface area (Å²) in [6.45, 7) is 1.84. The molecule has 2 aromatic carbocycles. The summed E-state index contributed by atoms with van der Waals surface area (Å²) < 4.78 is 33.6. The quantitative estimate of drug-likeness (QED) is 0.314. The van der Waals surface area contributed by atoms with Gasteiger partial charge in [-0.15, -0.1) is 0 Å². The van der Waals surface area contributed by atoms with Crippen molar-refractivity contribution in [3.8, 4) is 17.1 Å². The highest BCUT2D eigenvalue weighted by molar-refractivity contribution is 5.86. The number of halogens is 1. The first-order chi connectivity index (χ1) is 14.5. The SMILES string of the molecule is CO/C=C(\Oc1cc(-c2noc(CCc3ccc(F)cc3)n2)ccc1C)C(=O)OC. The van der Waals surface area contributed by atoms with Crippen LogP contribution in [0.2, 0.25) is 0 Å². The highest BCUT2D eigenvalue weighted by Gasteiger charge is 2.16. The smallest absolute Gasteiger partial charge is 0.377 e. The summed E-state index contributed by atoms with van der Waals surface area (Å²) in [5, 5.41) is 4.02. The molecule has 156 valence electrons. The molecule has 0 saturated carbocycles. The number of carbonyl (C=O) groups is 1. The molecule has 7 nitrogen and oxygen atoms in total. The zero-order valence-corrected chi connectivity index (χ0v) is 16.8. The maximum atomic E-state index is 13.0. The van der Waals surface area contributed by atoms with Gasteiger partial charge >= 0.3 is 5.97 Å². The van der Waals surface area contributed by atoms with Gasteiger partial charge in [0, 0.05) is 12.0 Å². The molecule has 8 heteroatoms. The highest BCUT2D eigenvalue weighted by atomic mass is 19.1. The Labute approximate surface area is 173 Å². The van der Waals surface area contributed by atoms with E-state index in [0.29, 0.717) is 35.9 Å². The molecule has 0 N–H and O–H groups in total. The van der Waals surface area contributed by atoms with Crippen LogP contribution >= 0.6 is 0 Å². The first-order valence-corrected chi connectivity index (χ1v) is 9.17. The highest BCUT2D eigenvalue weighted by Crippen LogP contribution is 2.27. The van der Waals surface area contributed by atoms with Gasteiger partial charge in [0.05, 0.1) is 14.2 Å². The van der Waals surface area contributed by atoms with Crippen LogP contribution in [0.1, 0.15) is 17.0 Å². The van der Waals surface area contributed by atoms with Gasteiger partial charge < -0.3 is 18.7 Å². The van der Waals surface area contributed by atoms with E-state index in [9.17, 15) is 9.18 Å². The van der Waals surface area contributed by atoms with Crippen molar-refractivity contribution in [2.24, 2.45) is 0 Å². The molecule has 0 bridgehead atoms. The van der Waals surface area contributed by atoms with Crippen LogP contribution in [0, 0.1) is 12.7 Å². The van der Waals surface area contributed by atoms with Gasteiger partial charge in [0.15, 0.2) is 0 Å². The van der Waals surface area contributed by atoms with Gasteiger partial charge in [0.1, 0.15) is 17.8 Å². The zero-order chi connectivity index (χ0) is 21.5. The standard InChI is InChI=1S/C22H21FN2O5/c1-14-4-8-16(12-18(14)29-19(13-27-2)22(26)28-3)21-24-20(30-25-21)11-7-15-5-9-17(23)10-6-15/h4-6,8-10,12-13H,7,11H2,1-3H3/b19-13-. The Morgan fingerprint density at radius 2 is 1.90 bits per heavy atom. The lowest BCUT2D eigenvalue weighted by Crippen LogP contribution is -2.11. The van der Waals surface area contributed by atoms with E-state index >= 15 is 0 Å². The summed E-state index contributed by atoms with van der Waals surface area (Å²) in [5.74, 6) is 0.264. The van der Waals surface area contributed by atoms with Crippen molar-refractivity contribution >= 4 is 5.97 Å². The third kappa shape index (κ3) is 5.22. The number of hydrogen-bond acceptors (Lipinski definition) is 7. The van der Waals surface area contributed by atoms with E-state index in [0.717, 1.165) is 11.1 Å². The van der Waals surface area contributed by atoms with Crippen molar-refractivity contribution in [1.29, 1.82) is 0 Å². The molecule has 3 aromatic rings. The second-order valence-corrected chi connectivity index (χ2v) is 6.43. The summed E-state index contributed by atoms with van der Waals surface area (Å²) >= 11 is 0. The van der Waals surface area contributed by atoms with Crippen LogP contribution in [0.25, 0.3) is 11.4 Å². The number of carbonyl (C=O) groups excluding carboxylic acids is 1. The van der Waals surface area contributed by atoms with Gasteiger partial charge in [0.2, 0.25) is 17.5 Å². The molecule has 0 saturated heterocycles. The van der Waals surface area contributed by atoms with Crippen molar-refractivity contribution in [2.45, 2.75) is 19.8 Å². The van der Waals surface area contributed by atoms with Crippen LogP contribution < -0.4 is 4.74 Å². The summed E-state index contributed by atoms with van der Waals surface area (Å²) in [6, 6.07) is 11.6. The van der Waals surface area contributed by atoms with E-state index in [1.165, 1.54) is 32.6 Å². The van der Waals surface area contributed by atoms with Gasteiger partial charge in [-0.25, -0.2) is 9.18 Å². The molecule has 1 aromatic heterocycles. The molecule has 0 aliphatic carbocycles. The van der Waals surface area contributed by atoms with Crippen LogP contribution in [0.3, 0.4) is 0 Å². The predicted molar refractivity (Wildman–Crippen MR) is 106 cm³/mol. The lowest BCUT2D eigenvalue weighted by atomic mass is 10.1. The average molecular weight is 412 g/mol. The summed E-state index contributed by atoms with van der Waals surface area (Å²) in [6.07, 6.45) is 2.34. The minimum atomic E-state index is -0.663. The normalized spacial score (nSPS) is 11.3. The fourth-order valence-corrected chi connectivity index (χ4v) is 2.67. The van der Waals surface area contributed by atoms with Gasteiger partial charge in [0.25, 0.3) is 0 Å². The second-order valence-electron chi connectivity index (χ2n) is 6.43. The topological polar surface area (TPSA) is 83.7 Å². The molecule has 0 unspecified atom stereocenters. The van der Waals surface area contributed by atoms with Crippen molar-refractivity contribution in [3.05, 3.63) is 77.3 Å². The average Bonchev–Trinajstić information content (AvgIpc) is 3.23. The monoisotopic (exact) mass is 412 g/mol. The third-order valence-electron chi connectivity index (χ3n) is 4.29. The molecule has 0 fully saturated rings. The number of benzene rings is 2. The van der Waals surface area contributed by atoms with Crippen molar-refractivity contribution in [1.82, 2.24) is 10.1 Å². The molecule has 0 radical (unpaired) electrons. The molecule has 30 heavy (non-hydrogen) atoms. The number of rotatable bonds is 8. The Kier molecular flexibility index (Phi) is 6.79. The van der Waals surface area contributed by atoms with E-state index in [2.05, 4.69) is 10.1 Å². The number of esters is 1. The predicted octanol–water partition coefficient (Wildman–Crippen LogP) is 4.01. The third-order valence-corrected chi connectivity index (χ3v) is 4.29. The molecule has 0 atom stereocenters.